The molecule has 5 nitrogen and oxygen atoms in total. The summed E-state index contributed by atoms with van der Waals surface area (Å²) < 4.78 is 5.44. The highest BCUT2D eigenvalue weighted by atomic mass is 16.5. The smallest absolute Gasteiger partial charge is 0.251 e. The van der Waals surface area contributed by atoms with Gasteiger partial charge < -0.3 is 10.1 Å². The van der Waals surface area contributed by atoms with Crippen LogP contribution in [0, 0.1) is 0 Å². The Labute approximate surface area is 177 Å². The zero-order valence-corrected chi connectivity index (χ0v) is 17.5. The van der Waals surface area contributed by atoms with Crippen LogP contribution in [0.25, 0.3) is 22.5 Å². The largest absolute Gasteiger partial charge is 0.381 e. The third-order valence-electron chi connectivity index (χ3n) is 5.55. The fourth-order valence-corrected chi connectivity index (χ4v) is 4.01. The van der Waals surface area contributed by atoms with E-state index in [9.17, 15) is 4.79 Å². The van der Waals surface area contributed by atoms with Gasteiger partial charge in [0.2, 0.25) is 0 Å². The van der Waals surface area contributed by atoms with Crippen molar-refractivity contribution in [3.63, 3.8) is 0 Å². The lowest BCUT2D eigenvalue weighted by Crippen LogP contribution is -2.25. The fraction of sp³-hybridized carbons (Fsp3) is 0.360. The Kier molecular flexibility index (Phi) is 6.60. The van der Waals surface area contributed by atoms with Gasteiger partial charge in [-0.1, -0.05) is 43.3 Å². The summed E-state index contributed by atoms with van der Waals surface area (Å²) in [5.74, 6) is -0.0492. The Morgan fingerprint density at radius 1 is 1.10 bits per heavy atom. The van der Waals surface area contributed by atoms with Gasteiger partial charge in [0.05, 0.1) is 11.4 Å². The molecule has 0 saturated carbocycles. The standard InChI is InChI=1S/C25H29N3O2/c1-2-16-30-17-6-15-26-25(29)20-13-11-19(12-14-20)23-22-10-5-8-18-7-3-4-9-21(18)24(22)28-27-23/h3-4,7,9,11-14H,2,5-6,8,10,15-17H2,1H3,(H,26,29)(H,27,28). The van der Waals surface area contributed by atoms with Crippen molar-refractivity contribution in [2.45, 2.75) is 39.0 Å². The number of benzene rings is 2. The van der Waals surface area contributed by atoms with Crippen molar-refractivity contribution in [1.29, 1.82) is 0 Å². The van der Waals surface area contributed by atoms with Gasteiger partial charge in [0.15, 0.2) is 0 Å². The molecule has 3 aromatic rings. The van der Waals surface area contributed by atoms with E-state index in [2.05, 4.69) is 46.7 Å². The molecule has 2 aromatic carbocycles. The summed E-state index contributed by atoms with van der Waals surface area (Å²) in [6, 6.07) is 16.3. The van der Waals surface area contributed by atoms with E-state index in [0.29, 0.717) is 18.7 Å². The molecule has 0 bridgehead atoms. The van der Waals surface area contributed by atoms with Crippen molar-refractivity contribution in [3.05, 3.63) is 65.2 Å². The number of nitrogens with one attached hydrogen (secondary N) is 2. The SMILES string of the molecule is CCCOCCCNC(=O)c1ccc(-c2n[nH]c3c2CCCc2ccccc2-3)cc1. The average molecular weight is 404 g/mol. The second kappa shape index (κ2) is 9.72. The summed E-state index contributed by atoms with van der Waals surface area (Å²) >= 11 is 0. The molecule has 1 aliphatic rings. The zero-order chi connectivity index (χ0) is 20.8. The molecule has 0 aliphatic heterocycles. The van der Waals surface area contributed by atoms with Gasteiger partial charge in [-0.3, -0.25) is 9.89 Å². The molecular weight excluding hydrogens is 374 g/mol. The highest BCUT2D eigenvalue weighted by Crippen LogP contribution is 2.36. The van der Waals surface area contributed by atoms with Gasteiger partial charge >= 0.3 is 0 Å². The summed E-state index contributed by atoms with van der Waals surface area (Å²) in [5.41, 5.74) is 7.72. The van der Waals surface area contributed by atoms with Crippen molar-refractivity contribution >= 4 is 5.91 Å². The van der Waals surface area contributed by atoms with Gasteiger partial charge in [-0.2, -0.15) is 5.10 Å². The predicted molar refractivity (Wildman–Crippen MR) is 120 cm³/mol. The van der Waals surface area contributed by atoms with Crippen LogP contribution in [0.5, 0.6) is 0 Å². The minimum absolute atomic E-state index is 0.0492. The zero-order valence-electron chi connectivity index (χ0n) is 17.5. The third kappa shape index (κ3) is 4.46. The van der Waals surface area contributed by atoms with Crippen molar-refractivity contribution < 1.29 is 9.53 Å². The van der Waals surface area contributed by atoms with Gasteiger partial charge in [-0.15, -0.1) is 0 Å². The number of fused-ring (bicyclic) bond motifs is 3. The summed E-state index contributed by atoms with van der Waals surface area (Å²) in [4.78, 5) is 12.4. The molecule has 156 valence electrons. The summed E-state index contributed by atoms with van der Waals surface area (Å²) in [5, 5.41) is 10.9. The van der Waals surface area contributed by atoms with Crippen LogP contribution in [0.1, 0.15) is 47.7 Å². The minimum atomic E-state index is -0.0492. The maximum atomic E-state index is 12.4. The van der Waals surface area contributed by atoms with E-state index in [-0.39, 0.29) is 5.91 Å². The van der Waals surface area contributed by atoms with Crippen molar-refractivity contribution in [2.24, 2.45) is 0 Å². The normalized spacial score (nSPS) is 12.7. The lowest BCUT2D eigenvalue weighted by molar-refractivity contribution is 0.0941. The van der Waals surface area contributed by atoms with E-state index in [1.54, 1.807) is 0 Å². The average Bonchev–Trinajstić information content (AvgIpc) is 3.11. The van der Waals surface area contributed by atoms with Crippen molar-refractivity contribution in [2.75, 3.05) is 19.8 Å². The van der Waals surface area contributed by atoms with Gasteiger partial charge in [0, 0.05) is 42.0 Å². The molecule has 1 heterocycles. The molecule has 30 heavy (non-hydrogen) atoms. The molecule has 0 radical (unpaired) electrons. The van der Waals surface area contributed by atoms with Gasteiger partial charge in [0.25, 0.3) is 5.91 Å². The Morgan fingerprint density at radius 2 is 1.93 bits per heavy atom. The first-order valence-corrected chi connectivity index (χ1v) is 10.9. The van der Waals surface area contributed by atoms with Gasteiger partial charge in [-0.25, -0.2) is 0 Å². The number of aryl methyl sites for hydroxylation is 1. The molecule has 0 saturated heterocycles. The molecule has 0 spiro atoms. The molecular formula is C25H29N3O2. The summed E-state index contributed by atoms with van der Waals surface area (Å²) in [6.07, 6.45) is 5.03. The van der Waals surface area contributed by atoms with Crippen LogP contribution in [0.4, 0.5) is 0 Å². The number of aromatic nitrogens is 2. The van der Waals surface area contributed by atoms with E-state index in [0.717, 1.165) is 55.7 Å². The molecule has 5 heteroatoms. The predicted octanol–water partition coefficient (Wildman–Crippen LogP) is 4.78. The van der Waals surface area contributed by atoms with E-state index >= 15 is 0 Å². The number of ether oxygens (including phenoxy) is 1. The van der Waals surface area contributed by atoms with E-state index in [1.165, 1.54) is 16.7 Å². The Morgan fingerprint density at radius 3 is 2.77 bits per heavy atom. The number of carbonyl (C=O) groups is 1. The maximum absolute atomic E-state index is 12.4. The quantitative estimate of drug-likeness (QED) is 0.532. The first-order chi connectivity index (χ1) is 14.8. The third-order valence-corrected chi connectivity index (χ3v) is 5.55. The van der Waals surface area contributed by atoms with Crippen LogP contribution >= 0.6 is 0 Å². The summed E-state index contributed by atoms with van der Waals surface area (Å²) in [7, 11) is 0. The van der Waals surface area contributed by atoms with Crippen LogP contribution in [0.15, 0.2) is 48.5 Å². The van der Waals surface area contributed by atoms with E-state index in [4.69, 9.17) is 4.74 Å². The highest BCUT2D eigenvalue weighted by Gasteiger charge is 2.21. The minimum Gasteiger partial charge on any atom is -0.381 e. The molecule has 1 amide bonds. The highest BCUT2D eigenvalue weighted by molar-refractivity contribution is 5.94. The van der Waals surface area contributed by atoms with Crippen LogP contribution in [-0.2, 0) is 17.6 Å². The van der Waals surface area contributed by atoms with Crippen LogP contribution in [0.3, 0.4) is 0 Å². The second-order valence-corrected chi connectivity index (χ2v) is 7.74. The first kappa shape index (κ1) is 20.4. The Balaban J connectivity index is 1.44. The first-order valence-electron chi connectivity index (χ1n) is 10.9. The van der Waals surface area contributed by atoms with Gasteiger partial charge in [-0.05, 0) is 49.8 Å². The van der Waals surface area contributed by atoms with Crippen LogP contribution < -0.4 is 5.32 Å². The Bertz CT molecular complexity index is 992. The number of hydrogen-bond donors (Lipinski definition) is 2. The molecule has 1 aliphatic carbocycles. The Hall–Kier alpha value is -2.92. The number of nitrogens with zero attached hydrogens (tertiary/aromatic N) is 1. The molecule has 2 N–H and O–H groups in total. The monoisotopic (exact) mass is 403 g/mol. The summed E-state index contributed by atoms with van der Waals surface area (Å²) in [6.45, 7) is 4.17. The van der Waals surface area contributed by atoms with Crippen LogP contribution in [0.2, 0.25) is 0 Å². The van der Waals surface area contributed by atoms with E-state index in [1.807, 2.05) is 24.3 Å². The maximum Gasteiger partial charge on any atom is 0.251 e. The topological polar surface area (TPSA) is 67.0 Å². The van der Waals surface area contributed by atoms with Crippen molar-refractivity contribution in [3.8, 4) is 22.5 Å². The van der Waals surface area contributed by atoms with E-state index < -0.39 is 0 Å². The number of amides is 1. The second-order valence-electron chi connectivity index (χ2n) is 7.74. The lowest BCUT2D eigenvalue weighted by Gasteiger charge is -2.07. The molecule has 1 aromatic heterocycles. The lowest BCUT2D eigenvalue weighted by atomic mass is 9.99. The van der Waals surface area contributed by atoms with Crippen LogP contribution in [-0.4, -0.2) is 35.9 Å². The number of rotatable bonds is 8. The fourth-order valence-electron chi connectivity index (χ4n) is 4.01. The molecule has 0 unspecified atom stereocenters. The number of aromatic amines is 1. The van der Waals surface area contributed by atoms with Crippen molar-refractivity contribution in [1.82, 2.24) is 15.5 Å². The number of hydrogen-bond acceptors (Lipinski definition) is 3. The number of H-pyrrole nitrogens is 1. The van der Waals surface area contributed by atoms with Gasteiger partial charge in [0.1, 0.15) is 0 Å². The molecule has 4 rings (SSSR count). The molecule has 0 atom stereocenters. The molecule has 0 fully saturated rings. The number of carbonyl (C=O) groups excluding carboxylic acids is 1.